The number of methoxy groups -OCH3 is 1. The van der Waals surface area contributed by atoms with E-state index >= 15 is 0 Å². The van der Waals surface area contributed by atoms with E-state index in [4.69, 9.17) is 10.5 Å². The molecule has 0 spiro atoms. The summed E-state index contributed by atoms with van der Waals surface area (Å²) in [6.45, 7) is 2.10. The number of hydrogen-bond acceptors (Lipinski definition) is 6. The third-order valence-electron chi connectivity index (χ3n) is 4.93. The van der Waals surface area contributed by atoms with Crippen molar-refractivity contribution in [3.63, 3.8) is 0 Å². The molecule has 10 heteroatoms. The summed E-state index contributed by atoms with van der Waals surface area (Å²) in [6, 6.07) is 0. The molecule has 2 heterocycles. The first-order valence-electron chi connectivity index (χ1n) is 8.42. The highest BCUT2D eigenvalue weighted by Gasteiger charge is 2.34. The zero-order chi connectivity index (χ0) is 18.2. The fourth-order valence-electron chi connectivity index (χ4n) is 3.53. The van der Waals surface area contributed by atoms with Gasteiger partial charge in [-0.1, -0.05) is 26.2 Å². The molecule has 0 bridgehead atoms. The fourth-order valence-corrected chi connectivity index (χ4v) is 4.25. The van der Waals surface area contributed by atoms with Gasteiger partial charge >= 0.3 is 7.60 Å². The molecule has 3 rings (SSSR count). The van der Waals surface area contributed by atoms with E-state index in [0.717, 1.165) is 12.8 Å². The first-order valence-corrected chi connectivity index (χ1v) is 10.1. The minimum Gasteiger partial charge on any atom is -0.382 e. The van der Waals surface area contributed by atoms with Gasteiger partial charge in [0.05, 0.1) is 0 Å². The van der Waals surface area contributed by atoms with Gasteiger partial charge in [0.15, 0.2) is 22.8 Å². The third kappa shape index (κ3) is 3.69. The van der Waals surface area contributed by atoms with E-state index in [1.807, 2.05) is 0 Å². The Kier molecular flexibility index (Phi) is 5.11. The number of aromatic nitrogens is 4. The smallest absolute Gasteiger partial charge is 0.361 e. The molecule has 138 valence electrons. The van der Waals surface area contributed by atoms with Crippen molar-refractivity contribution in [3.8, 4) is 0 Å². The van der Waals surface area contributed by atoms with Crippen LogP contribution in [-0.2, 0) is 9.30 Å². The molecule has 25 heavy (non-hydrogen) atoms. The first-order chi connectivity index (χ1) is 11.8. The summed E-state index contributed by atoms with van der Waals surface area (Å²) < 4.78 is 16.4. The maximum Gasteiger partial charge on any atom is 0.361 e. The van der Waals surface area contributed by atoms with Gasteiger partial charge in [0, 0.05) is 13.0 Å². The number of nitrogens with zero attached hydrogens (tertiary/aromatic N) is 3. The Morgan fingerprint density at radius 3 is 2.52 bits per heavy atom. The Morgan fingerprint density at radius 1 is 1.24 bits per heavy atom. The average molecular weight is 369 g/mol. The van der Waals surface area contributed by atoms with Crippen LogP contribution in [0.25, 0.3) is 11.2 Å². The summed E-state index contributed by atoms with van der Waals surface area (Å²) in [5.41, 5.74) is 6.69. The lowest BCUT2D eigenvalue weighted by atomic mass is 9.80. The lowest BCUT2D eigenvalue weighted by Crippen LogP contribution is -2.16. The van der Waals surface area contributed by atoms with Crippen LogP contribution in [0.15, 0.2) is 0 Å². The molecule has 2 atom stereocenters. The molecule has 1 aliphatic rings. The van der Waals surface area contributed by atoms with Crippen molar-refractivity contribution in [1.29, 1.82) is 0 Å². The molecule has 1 saturated carbocycles. The van der Waals surface area contributed by atoms with Gasteiger partial charge in [0.2, 0.25) is 5.85 Å². The molecule has 0 saturated heterocycles. The number of fused-ring (bicyclic) bond motifs is 1. The summed E-state index contributed by atoms with van der Waals surface area (Å²) in [4.78, 5) is 34.7. The summed E-state index contributed by atoms with van der Waals surface area (Å²) in [5, 5.41) is 0. The van der Waals surface area contributed by atoms with Crippen LogP contribution in [0.3, 0.4) is 0 Å². The Balaban J connectivity index is 1.97. The van der Waals surface area contributed by atoms with Gasteiger partial charge in [-0.15, -0.1) is 0 Å². The lowest BCUT2D eigenvalue weighted by Gasteiger charge is -2.26. The molecule has 1 fully saturated rings. The zero-order valence-corrected chi connectivity index (χ0v) is 15.2. The van der Waals surface area contributed by atoms with Gasteiger partial charge in [0.1, 0.15) is 5.82 Å². The van der Waals surface area contributed by atoms with Crippen molar-refractivity contribution in [2.75, 3.05) is 12.8 Å². The SMILES string of the molecule is COC(c1nc2c(N)nc(C(C)C3CCCCC3)nc2[nH]1)P(=O)(O)O. The normalized spacial score (nSPS) is 19.2. The number of nitrogens with two attached hydrogens (primary N) is 1. The molecule has 5 N–H and O–H groups in total. The van der Waals surface area contributed by atoms with Gasteiger partial charge in [-0.2, -0.15) is 0 Å². The molecule has 9 nitrogen and oxygen atoms in total. The number of nitrogens with one attached hydrogen (secondary N) is 1. The predicted molar refractivity (Wildman–Crippen MR) is 92.9 cm³/mol. The molecular formula is C15H24N5O4P. The molecule has 0 aliphatic heterocycles. The Labute approximate surface area is 145 Å². The number of anilines is 1. The lowest BCUT2D eigenvalue weighted by molar-refractivity contribution is 0.132. The number of ether oxygens (including phenoxy) is 1. The van der Waals surface area contributed by atoms with Gasteiger partial charge in [-0.25, -0.2) is 15.0 Å². The van der Waals surface area contributed by atoms with E-state index < -0.39 is 13.4 Å². The van der Waals surface area contributed by atoms with Gasteiger partial charge in [-0.3, -0.25) is 4.57 Å². The van der Waals surface area contributed by atoms with Crippen LogP contribution in [0, 0.1) is 5.92 Å². The van der Waals surface area contributed by atoms with E-state index in [1.165, 1.54) is 26.4 Å². The molecule has 0 amide bonds. The highest BCUT2D eigenvalue weighted by molar-refractivity contribution is 7.51. The van der Waals surface area contributed by atoms with Gasteiger partial charge in [-0.05, 0) is 18.8 Å². The second-order valence-electron chi connectivity index (χ2n) is 6.65. The fraction of sp³-hybridized carbons (Fsp3) is 0.667. The van der Waals surface area contributed by atoms with E-state index in [1.54, 1.807) is 0 Å². The summed E-state index contributed by atoms with van der Waals surface area (Å²) in [5.74, 6) is 0.0335. The standard InChI is InChI=1S/C15H24N5O4P/c1-8(9-6-4-3-5-7-9)12-18-11(16)10-13(19-12)20-14(17-10)15(24-2)25(21,22)23/h8-9,15H,3-7H2,1-2H3,(H2,21,22,23)(H3,16,17,18,19,20). The third-order valence-corrected chi connectivity index (χ3v) is 6.00. The Morgan fingerprint density at radius 2 is 1.92 bits per heavy atom. The van der Waals surface area contributed by atoms with Crippen molar-refractivity contribution >= 4 is 24.6 Å². The molecular weight excluding hydrogens is 345 g/mol. The van der Waals surface area contributed by atoms with Crippen LogP contribution in [0.5, 0.6) is 0 Å². The van der Waals surface area contributed by atoms with Gasteiger partial charge in [0.25, 0.3) is 0 Å². The predicted octanol–water partition coefficient (Wildman–Crippen LogP) is 2.44. The number of imidazole rings is 1. The van der Waals surface area contributed by atoms with Crippen LogP contribution in [0.4, 0.5) is 5.82 Å². The maximum absolute atomic E-state index is 11.5. The monoisotopic (exact) mass is 369 g/mol. The number of hydrogen-bond donors (Lipinski definition) is 4. The average Bonchev–Trinajstić information content (AvgIpc) is 2.98. The summed E-state index contributed by atoms with van der Waals surface area (Å²) >= 11 is 0. The van der Waals surface area contributed by atoms with E-state index in [-0.39, 0.29) is 17.6 Å². The number of H-pyrrole nitrogens is 1. The highest BCUT2D eigenvalue weighted by Crippen LogP contribution is 2.51. The van der Waals surface area contributed by atoms with Gasteiger partial charge < -0.3 is 25.2 Å². The zero-order valence-electron chi connectivity index (χ0n) is 14.3. The summed E-state index contributed by atoms with van der Waals surface area (Å²) in [6.07, 6.45) is 6.02. The van der Waals surface area contributed by atoms with Crippen LogP contribution in [0.1, 0.15) is 62.4 Å². The first kappa shape index (κ1) is 18.3. The molecule has 2 aromatic rings. The van der Waals surface area contributed by atoms with Crippen molar-refractivity contribution in [2.45, 2.75) is 50.8 Å². The van der Waals surface area contributed by atoms with E-state index in [0.29, 0.717) is 22.9 Å². The molecule has 0 aromatic carbocycles. The van der Waals surface area contributed by atoms with Crippen LogP contribution >= 0.6 is 7.60 Å². The molecule has 2 aromatic heterocycles. The topological polar surface area (TPSA) is 147 Å². The van der Waals surface area contributed by atoms with Crippen LogP contribution in [-0.4, -0.2) is 36.8 Å². The van der Waals surface area contributed by atoms with Crippen molar-refractivity contribution < 1.29 is 19.1 Å². The van der Waals surface area contributed by atoms with Crippen LogP contribution in [0.2, 0.25) is 0 Å². The minimum absolute atomic E-state index is 0.00528. The quantitative estimate of drug-likeness (QED) is 0.588. The second kappa shape index (κ2) is 6.99. The Hall–Kier alpha value is -1.54. The maximum atomic E-state index is 11.5. The van der Waals surface area contributed by atoms with Crippen molar-refractivity contribution in [2.24, 2.45) is 5.92 Å². The van der Waals surface area contributed by atoms with Crippen LogP contribution < -0.4 is 5.73 Å². The highest BCUT2D eigenvalue weighted by atomic mass is 31.2. The molecule has 0 radical (unpaired) electrons. The van der Waals surface area contributed by atoms with E-state index in [9.17, 15) is 14.4 Å². The number of rotatable bonds is 5. The van der Waals surface area contributed by atoms with Crippen molar-refractivity contribution in [3.05, 3.63) is 11.6 Å². The minimum atomic E-state index is -4.53. The molecule has 1 aliphatic carbocycles. The Bertz CT molecular complexity index is 799. The summed E-state index contributed by atoms with van der Waals surface area (Å²) in [7, 11) is -3.32. The molecule has 2 unspecified atom stereocenters. The second-order valence-corrected chi connectivity index (χ2v) is 8.30. The van der Waals surface area contributed by atoms with E-state index in [2.05, 4.69) is 26.9 Å². The largest absolute Gasteiger partial charge is 0.382 e. The van der Waals surface area contributed by atoms with Crippen molar-refractivity contribution in [1.82, 2.24) is 19.9 Å². The number of nitrogen functional groups attached to an aromatic ring is 1. The number of aromatic amines is 1.